The van der Waals surface area contributed by atoms with Crippen molar-refractivity contribution in [2.24, 2.45) is 17.6 Å². The smallest absolute Gasteiger partial charge is 0.255 e. The van der Waals surface area contributed by atoms with Gasteiger partial charge in [-0.05, 0) is 70.3 Å². The Labute approximate surface area is 240 Å². The fourth-order valence-corrected chi connectivity index (χ4v) is 8.46. The van der Waals surface area contributed by atoms with Crippen LogP contribution in [0.5, 0.6) is 5.75 Å². The molecule has 1 heterocycles. The molecule has 1 aromatic heterocycles. The molecular weight excluding hydrogens is 570 g/mol. The number of sulfone groups is 1. The highest BCUT2D eigenvalue weighted by Crippen LogP contribution is 2.53. The monoisotopic (exact) mass is 601 g/mol. The minimum atomic E-state index is -3.82. The molecule has 0 saturated heterocycles. The van der Waals surface area contributed by atoms with Gasteiger partial charge in [0, 0.05) is 11.5 Å². The lowest BCUT2D eigenvalue weighted by molar-refractivity contribution is -0.153. The van der Waals surface area contributed by atoms with E-state index >= 15 is 0 Å². The fraction of sp³-hybridized carbons (Fsp3) is 0.429. The Morgan fingerprint density at radius 3 is 2.43 bits per heavy atom. The maximum Gasteiger partial charge on any atom is 0.255 e. The largest absolute Gasteiger partial charge is 0.508 e. The molecular formula is C28H31N3O10S. The van der Waals surface area contributed by atoms with Gasteiger partial charge in [0.15, 0.2) is 27.0 Å². The number of hydrogen-bond acceptors (Lipinski definition) is 12. The van der Waals surface area contributed by atoms with Gasteiger partial charge in [0.05, 0.1) is 23.1 Å². The summed E-state index contributed by atoms with van der Waals surface area (Å²) in [4.78, 5) is 40.7. The van der Waals surface area contributed by atoms with Crippen LogP contribution in [0.1, 0.15) is 34.6 Å². The van der Waals surface area contributed by atoms with Gasteiger partial charge in [-0.3, -0.25) is 19.3 Å². The van der Waals surface area contributed by atoms with Crippen LogP contribution in [0.4, 0.5) is 0 Å². The van der Waals surface area contributed by atoms with Crippen LogP contribution < -0.4 is 5.73 Å². The molecule has 14 heteroatoms. The number of primary amides is 1. The predicted octanol–water partition coefficient (Wildman–Crippen LogP) is 0.585. The molecule has 0 aliphatic heterocycles. The average molecular weight is 602 g/mol. The van der Waals surface area contributed by atoms with E-state index in [-0.39, 0.29) is 58.3 Å². The first kappa shape index (κ1) is 29.5. The molecule has 42 heavy (non-hydrogen) atoms. The van der Waals surface area contributed by atoms with Crippen molar-refractivity contribution in [1.29, 1.82) is 0 Å². The standard InChI is InChI=1S/C28H31N3O10S/c1-11-24(12(2)41-30-11)42(39,40)8-7-13-5-6-17(32)19-15(13)9-14-10-16-21(31(3)4)23(34)20(27(29)37)26(36)28(16,38)25(35)18(14)22(19)33/h5-6,14,16,21,32-33,36,38H,7-10H2,1-4H3,(H2,29,37). The normalized spacial score (nSPS) is 25.9. The predicted molar refractivity (Wildman–Crippen MR) is 146 cm³/mol. The average Bonchev–Trinajstić information content (AvgIpc) is 3.23. The number of aryl methyl sites for hydroxylation is 3. The first-order chi connectivity index (χ1) is 19.5. The van der Waals surface area contributed by atoms with Gasteiger partial charge in [-0.25, -0.2) is 8.42 Å². The molecule has 224 valence electrons. The van der Waals surface area contributed by atoms with E-state index in [0.717, 1.165) is 0 Å². The number of ketones is 2. The molecule has 1 aromatic carbocycles. The summed E-state index contributed by atoms with van der Waals surface area (Å²) in [5.41, 5.74) is 2.48. The number of benzene rings is 1. The highest BCUT2D eigenvalue weighted by atomic mass is 32.2. The summed E-state index contributed by atoms with van der Waals surface area (Å²) in [5.74, 6) is -7.61. The second-order valence-electron chi connectivity index (χ2n) is 11.3. The number of aromatic hydroxyl groups is 1. The van der Waals surface area contributed by atoms with Crippen LogP contribution in [0, 0.1) is 25.7 Å². The molecule has 13 nitrogen and oxygen atoms in total. The number of aliphatic hydroxyl groups is 3. The van der Waals surface area contributed by atoms with Crippen LogP contribution in [0.25, 0.3) is 5.76 Å². The Morgan fingerprint density at radius 2 is 1.86 bits per heavy atom. The Hall–Kier alpha value is -4.01. The van der Waals surface area contributed by atoms with Crippen molar-refractivity contribution < 1.29 is 47.8 Å². The highest BCUT2D eigenvalue weighted by Gasteiger charge is 2.64. The van der Waals surface area contributed by atoms with Crippen LogP contribution in [-0.2, 0) is 37.1 Å². The van der Waals surface area contributed by atoms with E-state index in [1.165, 1.54) is 45.0 Å². The molecule has 2 aromatic rings. The molecule has 0 spiro atoms. The third-order valence-electron chi connectivity index (χ3n) is 8.62. The van der Waals surface area contributed by atoms with Gasteiger partial charge >= 0.3 is 0 Å². The van der Waals surface area contributed by atoms with Crippen molar-refractivity contribution >= 4 is 33.1 Å². The number of phenolic OH excluding ortho intramolecular Hbond substituents is 1. The number of likely N-dealkylation sites (N-methyl/N-ethyl adjacent to an activating group) is 1. The number of Topliss-reactive ketones (excluding diaryl/α,β-unsaturated/α-hetero) is 2. The molecule has 4 unspecified atom stereocenters. The summed E-state index contributed by atoms with van der Waals surface area (Å²) >= 11 is 0. The molecule has 1 amide bonds. The number of amides is 1. The number of nitrogens with two attached hydrogens (primary N) is 1. The molecule has 1 fully saturated rings. The number of nitrogens with zero attached hydrogens (tertiary/aromatic N) is 2. The van der Waals surface area contributed by atoms with E-state index in [0.29, 0.717) is 11.1 Å². The second kappa shape index (κ2) is 9.78. The number of hydrogen-bond donors (Lipinski definition) is 5. The van der Waals surface area contributed by atoms with Gasteiger partial charge in [0.1, 0.15) is 27.7 Å². The zero-order valence-corrected chi connectivity index (χ0v) is 24.2. The number of fused-ring (bicyclic) bond motifs is 3. The number of aromatic nitrogens is 1. The lowest BCUT2D eigenvalue weighted by atomic mass is 9.57. The Balaban J connectivity index is 1.61. The molecule has 0 radical (unpaired) electrons. The highest BCUT2D eigenvalue weighted by molar-refractivity contribution is 7.91. The Kier molecular flexibility index (Phi) is 6.87. The third kappa shape index (κ3) is 4.07. The zero-order chi connectivity index (χ0) is 31.0. The van der Waals surface area contributed by atoms with E-state index < -0.39 is 67.9 Å². The minimum Gasteiger partial charge on any atom is -0.508 e. The first-order valence-electron chi connectivity index (χ1n) is 13.2. The Bertz CT molecular complexity index is 1720. The number of rotatable bonds is 6. The van der Waals surface area contributed by atoms with E-state index in [9.17, 15) is 43.2 Å². The molecule has 1 saturated carbocycles. The van der Waals surface area contributed by atoms with Crippen LogP contribution in [0.3, 0.4) is 0 Å². The SMILES string of the molecule is Cc1noc(C)c1S(=O)(=O)CCc1ccc(O)c2c1CC1CC3C(N(C)C)C(=O)C(C(N)=O)=C(O)C3(O)C(=O)C1=C2O. The van der Waals surface area contributed by atoms with Crippen molar-refractivity contribution in [3.8, 4) is 5.75 Å². The van der Waals surface area contributed by atoms with Crippen LogP contribution >= 0.6 is 0 Å². The maximum absolute atomic E-state index is 13.9. The quantitative estimate of drug-likeness (QED) is 0.287. The molecule has 3 aliphatic rings. The topological polar surface area (TPSA) is 222 Å². The van der Waals surface area contributed by atoms with Crippen molar-refractivity contribution in [3.05, 3.63) is 57.2 Å². The van der Waals surface area contributed by atoms with Gasteiger partial charge in [-0.2, -0.15) is 0 Å². The van der Waals surface area contributed by atoms with Gasteiger partial charge in [-0.1, -0.05) is 11.2 Å². The first-order valence-corrected chi connectivity index (χ1v) is 14.8. The van der Waals surface area contributed by atoms with Crippen LogP contribution in [0.2, 0.25) is 0 Å². The molecule has 3 aliphatic carbocycles. The summed E-state index contributed by atoms with van der Waals surface area (Å²) < 4.78 is 31.3. The van der Waals surface area contributed by atoms with Crippen molar-refractivity contribution in [2.45, 2.75) is 49.6 Å². The van der Waals surface area contributed by atoms with Gasteiger partial charge in [0.2, 0.25) is 5.78 Å². The van der Waals surface area contributed by atoms with Crippen molar-refractivity contribution in [2.75, 3.05) is 19.8 Å². The van der Waals surface area contributed by atoms with Crippen molar-refractivity contribution in [3.63, 3.8) is 0 Å². The van der Waals surface area contributed by atoms with Crippen LogP contribution in [-0.4, -0.2) is 87.9 Å². The number of phenols is 1. The number of carbonyl (C=O) groups excluding carboxylic acids is 3. The minimum absolute atomic E-state index is 0.00257. The maximum atomic E-state index is 13.9. The van der Waals surface area contributed by atoms with Gasteiger partial charge in [0.25, 0.3) is 5.91 Å². The number of carbonyl (C=O) groups is 3. The second-order valence-corrected chi connectivity index (χ2v) is 13.3. The van der Waals surface area contributed by atoms with E-state index in [1.807, 2.05) is 0 Å². The Morgan fingerprint density at radius 1 is 1.19 bits per heavy atom. The zero-order valence-electron chi connectivity index (χ0n) is 23.3. The molecule has 0 bridgehead atoms. The lowest BCUT2D eigenvalue weighted by Crippen LogP contribution is -2.65. The molecule has 6 N–H and O–H groups in total. The third-order valence-corrected chi connectivity index (χ3v) is 10.6. The lowest BCUT2D eigenvalue weighted by Gasteiger charge is -2.50. The van der Waals surface area contributed by atoms with Crippen molar-refractivity contribution in [1.82, 2.24) is 10.1 Å². The van der Waals surface area contributed by atoms with Crippen LogP contribution in [0.15, 0.2) is 38.5 Å². The summed E-state index contributed by atoms with van der Waals surface area (Å²) in [5, 5.41) is 48.4. The summed E-state index contributed by atoms with van der Waals surface area (Å²) in [6, 6.07) is 1.60. The summed E-state index contributed by atoms with van der Waals surface area (Å²) in [6.07, 6.45) is -0.0160. The molecule has 5 rings (SSSR count). The molecule has 4 atom stereocenters. The fourth-order valence-electron chi connectivity index (χ4n) is 6.81. The summed E-state index contributed by atoms with van der Waals surface area (Å²) in [7, 11) is -0.784. The van der Waals surface area contributed by atoms with E-state index in [2.05, 4.69) is 5.16 Å². The number of aliphatic hydroxyl groups excluding tert-OH is 2. The van der Waals surface area contributed by atoms with Gasteiger partial charge in [-0.15, -0.1) is 0 Å². The van der Waals surface area contributed by atoms with Gasteiger partial charge < -0.3 is 30.7 Å². The summed E-state index contributed by atoms with van der Waals surface area (Å²) in [6.45, 7) is 3.02. The van der Waals surface area contributed by atoms with E-state index in [4.69, 9.17) is 10.3 Å². The van der Waals surface area contributed by atoms with E-state index in [1.54, 1.807) is 0 Å².